The minimum Gasteiger partial charge on any atom is -0.369 e. The topological polar surface area (TPSA) is 81.1 Å². The van der Waals surface area contributed by atoms with Crippen LogP contribution in [-0.4, -0.2) is 26.9 Å². The van der Waals surface area contributed by atoms with Gasteiger partial charge in [0.15, 0.2) is 12.5 Å². The number of imide groups is 1. The van der Waals surface area contributed by atoms with Crippen LogP contribution in [0.15, 0.2) is 103 Å². The van der Waals surface area contributed by atoms with Crippen molar-refractivity contribution < 1.29 is 19.8 Å². The van der Waals surface area contributed by atoms with Crippen LogP contribution in [0.5, 0.6) is 0 Å². The number of allylic oxidation sites excluding steroid dienone is 2. The Morgan fingerprint density at radius 3 is 1.74 bits per heavy atom. The number of fused-ring (bicyclic) bond motifs is 2. The number of hydrogen-bond acceptors (Lipinski definition) is 5. The van der Waals surface area contributed by atoms with E-state index < -0.39 is 12.5 Å². The summed E-state index contributed by atoms with van der Waals surface area (Å²) in [6.45, 7) is 5.97. The lowest BCUT2D eigenvalue weighted by Gasteiger charge is -2.40. The van der Waals surface area contributed by atoms with E-state index in [0.717, 1.165) is 54.7 Å². The van der Waals surface area contributed by atoms with Crippen molar-refractivity contribution in [2.24, 2.45) is 0 Å². The van der Waals surface area contributed by atoms with Crippen LogP contribution in [-0.2, 0) is 0 Å². The Hall–Kier alpha value is -5.04. The first-order valence-electron chi connectivity index (χ1n) is 14.1. The molecule has 6 aromatic carbocycles. The maximum absolute atomic E-state index is 13.7. The molecule has 6 nitrogen and oxygen atoms in total. The monoisotopic (exact) mass is 550 g/mol. The molecular formula is C36H26N2O4. The molecule has 0 spiro atoms. The zero-order valence-electron chi connectivity index (χ0n) is 22.8. The zero-order chi connectivity index (χ0) is 28.9. The van der Waals surface area contributed by atoms with Crippen LogP contribution in [0, 0.1) is 0 Å². The highest BCUT2D eigenvalue weighted by molar-refractivity contribution is 6.38. The maximum Gasteiger partial charge on any atom is 0.265 e. The van der Waals surface area contributed by atoms with E-state index in [-0.39, 0.29) is 11.8 Å². The van der Waals surface area contributed by atoms with Gasteiger partial charge in [-0.1, -0.05) is 74.2 Å². The molecule has 6 aromatic rings. The summed E-state index contributed by atoms with van der Waals surface area (Å²) >= 11 is 0. The van der Waals surface area contributed by atoms with Gasteiger partial charge >= 0.3 is 0 Å². The van der Waals surface area contributed by atoms with Gasteiger partial charge in [0.25, 0.3) is 11.8 Å². The lowest BCUT2D eigenvalue weighted by molar-refractivity contribution is 0.0668. The molecule has 2 atom stereocenters. The predicted octanol–water partition coefficient (Wildman–Crippen LogP) is 7.32. The Balaban J connectivity index is 1.41. The van der Waals surface area contributed by atoms with Crippen molar-refractivity contribution in [3.8, 4) is 0 Å². The third-order valence-corrected chi connectivity index (χ3v) is 8.80. The first-order chi connectivity index (χ1) is 20.4. The van der Waals surface area contributed by atoms with Gasteiger partial charge in [0, 0.05) is 39.0 Å². The SMILES string of the molecule is C=C(/C=C\CC)N1C(=O)c2ccc3c4ccc5c6c(ccc(c7ccc(c2c37)C1=O)c64)C(O)N(c1ccccc1)C5O. The Kier molecular flexibility index (Phi) is 5.14. The van der Waals surface area contributed by atoms with Crippen molar-refractivity contribution >= 4 is 60.6 Å². The summed E-state index contributed by atoms with van der Waals surface area (Å²) in [5.74, 6) is -0.768. The van der Waals surface area contributed by atoms with E-state index in [9.17, 15) is 19.8 Å². The number of rotatable bonds is 4. The smallest absolute Gasteiger partial charge is 0.265 e. The Bertz CT molecular complexity index is 2070. The third kappa shape index (κ3) is 3.05. The second kappa shape index (κ2) is 8.73. The third-order valence-electron chi connectivity index (χ3n) is 8.80. The molecule has 0 saturated heterocycles. The van der Waals surface area contributed by atoms with Gasteiger partial charge in [-0.25, -0.2) is 4.90 Å². The Morgan fingerprint density at radius 1 is 0.714 bits per heavy atom. The molecular weight excluding hydrogens is 524 g/mol. The summed E-state index contributed by atoms with van der Waals surface area (Å²) in [5, 5.41) is 30.1. The van der Waals surface area contributed by atoms with Crippen molar-refractivity contribution in [2.45, 2.75) is 25.8 Å². The van der Waals surface area contributed by atoms with Crippen LogP contribution in [0.25, 0.3) is 43.1 Å². The van der Waals surface area contributed by atoms with E-state index >= 15 is 0 Å². The number of carbonyl (C=O) groups excluding carboxylic acids is 2. The number of hydrogen-bond donors (Lipinski definition) is 2. The fraction of sp³-hybridized carbons (Fsp3) is 0.111. The Labute approximate surface area is 241 Å². The van der Waals surface area contributed by atoms with Crippen LogP contribution in [0.2, 0.25) is 0 Å². The number of amides is 2. The van der Waals surface area contributed by atoms with E-state index in [0.29, 0.717) is 33.3 Å². The molecule has 2 amide bonds. The highest BCUT2D eigenvalue weighted by Gasteiger charge is 2.37. The zero-order valence-corrected chi connectivity index (χ0v) is 22.8. The van der Waals surface area contributed by atoms with Crippen LogP contribution in [0.1, 0.15) is 57.6 Å². The van der Waals surface area contributed by atoms with Crippen LogP contribution in [0.3, 0.4) is 0 Å². The highest BCUT2D eigenvalue weighted by atomic mass is 16.3. The van der Waals surface area contributed by atoms with E-state index in [1.165, 1.54) is 0 Å². The summed E-state index contributed by atoms with van der Waals surface area (Å²) in [6.07, 6.45) is 2.25. The molecule has 0 saturated carbocycles. The molecule has 0 aromatic heterocycles. The van der Waals surface area contributed by atoms with Gasteiger partial charge in [0.1, 0.15) is 0 Å². The lowest BCUT2D eigenvalue weighted by Crippen LogP contribution is -2.38. The number of nitrogens with zero attached hydrogens (tertiary/aromatic N) is 2. The standard InChI is InChI=1S/C36H26N2O4/c1-3-4-8-19(2)37-33(39)25-15-11-21-23-13-17-27-32-28(36(42)38(35(27)41)20-9-6-5-7-10-20)18-14-24(30(23)32)22-12-16-26(34(37)40)31(25)29(21)22/h4-18,35-36,41-42H,2-3H2,1H3/b8-4-. The summed E-state index contributed by atoms with van der Waals surface area (Å²) in [6, 6.07) is 24.7. The maximum atomic E-state index is 13.7. The van der Waals surface area contributed by atoms with Crippen LogP contribution < -0.4 is 4.90 Å². The highest BCUT2D eigenvalue weighted by Crippen LogP contribution is 2.50. The van der Waals surface area contributed by atoms with Gasteiger partial charge in [-0.2, -0.15) is 0 Å². The molecule has 204 valence electrons. The molecule has 0 radical (unpaired) electrons. The molecule has 2 unspecified atom stereocenters. The van der Waals surface area contributed by atoms with E-state index in [1.807, 2.05) is 79.7 Å². The minimum absolute atomic E-state index is 0.345. The van der Waals surface area contributed by atoms with Crippen molar-refractivity contribution in [2.75, 3.05) is 4.90 Å². The molecule has 0 bridgehead atoms. The molecule has 2 N–H and O–H groups in total. The van der Waals surface area contributed by atoms with Crippen molar-refractivity contribution in [3.05, 3.63) is 126 Å². The Morgan fingerprint density at radius 2 is 1.21 bits per heavy atom. The molecule has 42 heavy (non-hydrogen) atoms. The summed E-state index contributed by atoms with van der Waals surface area (Å²) < 4.78 is 0. The molecule has 0 fully saturated rings. The predicted molar refractivity (Wildman–Crippen MR) is 166 cm³/mol. The molecule has 2 aliphatic heterocycles. The number of carbonyl (C=O) groups is 2. The van der Waals surface area contributed by atoms with Crippen molar-refractivity contribution in [1.82, 2.24) is 4.90 Å². The summed E-state index contributed by atoms with van der Waals surface area (Å²) in [7, 11) is 0. The molecule has 0 aliphatic carbocycles. The quantitative estimate of drug-likeness (QED) is 0.104. The van der Waals surface area contributed by atoms with Gasteiger partial charge in [-0.3, -0.25) is 9.59 Å². The molecule has 8 rings (SSSR count). The number of aliphatic hydroxyl groups is 2. The first kappa shape index (κ1) is 24.7. The van der Waals surface area contributed by atoms with Crippen molar-refractivity contribution in [1.29, 1.82) is 0 Å². The van der Waals surface area contributed by atoms with E-state index in [1.54, 1.807) is 23.1 Å². The average molecular weight is 551 g/mol. The van der Waals surface area contributed by atoms with Crippen molar-refractivity contribution in [3.63, 3.8) is 0 Å². The molecule has 2 aliphatic rings. The van der Waals surface area contributed by atoms with Crippen LogP contribution in [0.4, 0.5) is 5.69 Å². The van der Waals surface area contributed by atoms with Gasteiger partial charge in [-0.05, 0) is 74.5 Å². The van der Waals surface area contributed by atoms with Gasteiger partial charge < -0.3 is 15.1 Å². The second-order valence-electron chi connectivity index (χ2n) is 11.0. The van der Waals surface area contributed by atoms with Gasteiger partial charge in [-0.15, -0.1) is 0 Å². The van der Waals surface area contributed by atoms with Gasteiger partial charge in [0.2, 0.25) is 0 Å². The lowest BCUT2D eigenvalue weighted by atomic mass is 9.82. The number of anilines is 1. The van der Waals surface area contributed by atoms with E-state index in [2.05, 4.69) is 6.58 Å². The molecule has 2 heterocycles. The van der Waals surface area contributed by atoms with Crippen LogP contribution >= 0.6 is 0 Å². The number of aliphatic hydroxyl groups excluding tert-OH is 2. The average Bonchev–Trinajstić information content (AvgIpc) is 3.01. The minimum atomic E-state index is -1.05. The first-order valence-corrected chi connectivity index (χ1v) is 14.1. The summed E-state index contributed by atoms with van der Waals surface area (Å²) in [4.78, 5) is 30.2. The fourth-order valence-corrected chi connectivity index (χ4v) is 6.97. The largest absolute Gasteiger partial charge is 0.369 e. The summed E-state index contributed by atoms with van der Waals surface area (Å²) in [5.41, 5.74) is 3.43. The normalized spacial score (nSPS) is 18.5. The van der Waals surface area contributed by atoms with E-state index in [4.69, 9.17) is 0 Å². The number of para-hydroxylation sites is 1. The fourth-order valence-electron chi connectivity index (χ4n) is 6.97. The molecule has 6 heteroatoms. The second-order valence-corrected chi connectivity index (χ2v) is 11.0. The number of benzene rings is 6. The van der Waals surface area contributed by atoms with Gasteiger partial charge in [0.05, 0.1) is 0 Å².